The van der Waals surface area contributed by atoms with Crippen LogP contribution in [-0.4, -0.2) is 53.8 Å². The number of amides is 2. The molecular weight excluding hydrogens is 584 g/mol. The van der Waals surface area contributed by atoms with Gasteiger partial charge in [-0.15, -0.1) is 0 Å². The summed E-state index contributed by atoms with van der Waals surface area (Å²) in [6.07, 6.45) is 1.40. The predicted molar refractivity (Wildman–Crippen MR) is 168 cm³/mol. The number of nitrogens with one attached hydrogen (secondary N) is 2. The molecule has 0 heterocycles. The van der Waals surface area contributed by atoms with Crippen molar-refractivity contribution in [2.75, 3.05) is 37.0 Å². The highest BCUT2D eigenvalue weighted by molar-refractivity contribution is 7.92. The molecule has 0 aliphatic rings. The number of methoxy groups -OCH3 is 2. The highest BCUT2D eigenvalue weighted by Gasteiger charge is 2.29. The Bertz CT molecular complexity index is 1710. The zero-order chi connectivity index (χ0) is 31.5. The number of nitrogens with zero attached hydrogens (tertiary/aromatic N) is 2. The van der Waals surface area contributed by atoms with Crippen LogP contribution in [0.1, 0.15) is 11.1 Å². The maximum absolute atomic E-state index is 13.6. The molecule has 4 aromatic carbocycles. The number of hydrogen-bond donors (Lipinski definition) is 2. The van der Waals surface area contributed by atoms with Crippen molar-refractivity contribution in [1.29, 1.82) is 0 Å². The molecule has 0 atom stereocenters. The summed E-state index contributed by atoms with van der Waals surface area (Å²) in [7, 11) is -1.28. The van der Waals surface area contributed by atoms with Crippen LogP contribution < -0.4 is 29.3 Å². The maximum Gasteiger partial charge on any atom is 0.264 e. The number of carbonyl (C=O) groups is 2. The Morgan fingerprint density at radius 3 is 2.18 bits per heavy atom. The molecule has 2 amide bonds. The minimum absolute atomic E-state index is 0.00381. The molecule has 0 radical (unpaired) electrons. The molecule has 4 aromatic rings. The first kappa shape index (κ1) is 31.6. The normalized spacial score (nSPS) is 11.1. The minimum Gasteiger partial charge on any atom is -0.497 e. The average Bonchev–Trinajstić information content (AvgIpc) is 3.04. The molecule has 2 N–H and O–H groups in total. The summed E-state index contributed by atoms with van der Waals surface area (Å²) in [5, 5.41) is 6.73. The molecule has 0 saturated carbocycles. The number of hydrazone groups is 1. The first-order valence-electron chi connectivity index (χ1n) is 13.4. The average molecular weight is 617 g/mol. The van der Waals surface area contributed by atoms with Gasteiger partial charge in [-0.2, -0.15) is 5.10 Å². The third-order valence-corrected chi connectivity index (χ3v) is 8.04. The molecule has 11 nitrogen and oxygen atoms in total. The Morgan fingerprint density at radius 1 is 0.841 bits per heavy atom. The van der Waals surface area contributed by atoms with Crippen molar-refractivity contribution in [3.8, 4) is 17.2 Å². The molecule has 0 unspecified atom stereocenters. The lowest BCUT2D eigenvalue weighted by Crippen LogP contribution is -2.39. The van der Waals surface area contributed by atoms with Gasteiger partial charge in [0.2, 0.25) is 0 Å². The van der Waals surface area contributed by atoms with Gasteiger partial charge < -0.3 is 19.5 Å². The van der Waals surface area contributed by atoms with E-state index < -0.39 is 22.5 Å². The summed E-state index contributed by atoms with van der Waals surface area (Å²) < 4.78 is 44.3. The molecule has 228 valence electrons. The fraction of sp³-hybridized carbons (Fsp3) is 0.156. The van der Waals surface area contributed by atoms with Crippen LogP contribution in [0.2, 0.25) is 0 Å². The first-order valence-corrected chi connectivity index (χ1v) is 14.8. The van der Waals surface area contributed by atoms with Crippen molar-refractivity contribution in [2.24, 2.45) is 5.10 Å². The number of benzene rings is 4. The zero-order valence-corrected chi connectivity index (χ0v) is 25.2. The Balaban J connectivity index is 1.39. The third kappa shape index (κ3) is 8.35. The Morgan fingerprint density at radius 2 is 1.52 bits per heavy atom. The Hall–Kier alpha value is -5.36. The van der Waals surface area contributed by atoms with Gasteiger partial charge in [-0.25, -0.2) is 13.8 Å². The van der Waals surface area contributed by atoms with E-state index in [4.69, 9.17) is 14.2 Å². The summed E-state index contributed by atoms with van der Waals surface area (Å²) in [5.74, 6) is 0.158. The van der Waals surface area contributed by atoms with E-state index in [1.54, 1.807) is 48.5 Å². The standard InChI is InChI=1S/C32H32N4O7S/c1-23-9-13-25(14-10-23)34-32(38)22-43-26-15-11-24(12-16-26)20-33-35-31(37)21-36(44(39,40)28-7-5-4-6-8-28)29-18-17-27(41-2)19-30(29)42-3/h4-20H,21-22H2,1-3H3,(H,34,38)(H,35,37)/b33-20-. The second kappa shape index (κ2) is 14.7. The number of hydrogen-bond acceptors (Lipinski definition) is 8. The number of ether oxygens (including phenoxy) is 3. The monoisotopic (exact) mass is 616 g/mol. The summed E-state index contributed by atoms with van der Waals surface area (Å²) in [6, 6.07) is 26.5. The van der Waals surface area contributed by atoms with E-state index in [1.165, 1.54) is 44.7 Å². The van der Waals surface area contributed by atoms with Crippen molar-refractivity contribution in [3.63, 3.8) is 0 Å². The van der Waals surface area contributed by atoms with Crippen LogP contribution in [0, 0.1) is 6.92 Å². The lowest BCUT2D eigenvalue weighted by atomic mass is 10.2. The Kier molecular flexibility index (Phi) is 10.5. The smallest absolute Gasteiger partial charge is 0.264 e. The van der Waals surface area contributed by atoms with Gasteiger partial charge in [0.05, 0.1) is 31.0 Å². The largest absolute Gasteiger partial charge is 0.497 e. The molecular formula is C32H32N4O7S. The van der Waals surface area contributed by atoms with Gasteiger partial charge in [0.1, 0.15) is 23.8 Å². The Labute approximate surface area is 256 Å². The summed E-state index contributed by atoms with van der Waals surface area (Å²) in [4.78, 5) is 25.1. The van der Waals surface area contributed by atoms with E-state index in [0.717, 1.165) is 9.87 Å². The molecule has 0 aliphatic heterocycles. The van der Waals surface area contributed by atoms with Crippen molar-refractivity contribution in [1.82, 2.24) is 5.43 Å². The quantitative estimate of drug-likeness (QED) is 0.168. The first-order chi connectivity index (χ1) is 21.2. The van der Waals surface area contributed by atoms with Gasteiger partial charge >= 0.3 is 0 Å². The van der Waals surface area contributed by atoms with E-state index in [1.807, 2.05) is 31.2 Å². The van der Waals surface area contributed by atoms with Crippen LogP contribution in [0.4, 0.5) is 11.4 Å². The van der Waals surface area contributed by atoms with Gasteiger partial charge in [-0.1, -0.05) is 35.9 Å². The SMILES string of the molecule is COc1ccc(N(CC(=O)N/N=C\c2ccc(OCC(=O)Nc3ccc(C)cc3)cc2)S(=O)(=O)c2ccccc2)c(OC)c1. The van der Waals surface area contributed by atoms with Crippen molar-refractivity contribution in [2.45, 2.75) is 11.8 Å². The molecule has 0 saturated heterocycles. The highest BCUT2D eigenvalue weighted by Crippen LogP contribution is 2.35. The van der Waals surface area contributed by atoms with Crippen LogP contribution in [0.5, 0.6) is 17.2 Å². The molecule has 0 aromatic heterocycles. The van der Waals surface area contributed by atoms with Crippen molar-refractivity contribution >= 4 is 39.4 Å². The number of rotatable bonds is 13. The third-order valence-electron chi connectivity index (χ3n) is 6.26. The topological polar surface area (TPSA) is 136 Å². The van der Waals surface area contributed by atoms with Gasteiger partial charge in [-0.3, -0.25) is 13.9 Å². The van der Waals surface area contributed by atoms with E-state index in [0.29, 0.717) is 22.7 Å². The van der Waals surface area contributed by atoms with Crippen LogP contribution in [0.3, 0.4) is 0 Å². The van der Waals surface area contributed by atoms with Gasteiger partial charge in [-0.05, 0) is 73.2 Å². The molecule has 44 heavy (non-hydrogen) atoms. The summed E-state index contributed by atoms with van der Waals surface area (Å²) in [5.41, 5.74) is 4.93. The van der Waals surface area contributed by atoms with E-state index in [2.05, 4.69) is 15.8 Å². The van der Waals surface area contributed by atoms with Gasteiger partial charge in [0, 0.05) is 11.8 Å². The summed E-state index contributed by atoms with van der Waals surface area (Å²) in [6.45, 7) is 1.22. The second-order valence-corrected chi connectivity index (χ2v) is 11.3. The van der Waals surface area contributed by atoms with Crippen molar-refractivity contribution in [3.05, 3.63) is 108 Å². The van der Waals surface area contributed by atoms with Gasteiger partial charge in [0.15, 0.2) is 6.61 Å². The number of sulfonamides is 1. The number of anilines is 2. The minimum atomic E-state index is -4.16. The number of carbonyl (C=O) groups excluding carboxylic acids is 2. The van der Waals surface area contributed by atoms with E-state index in [9.17, 15) is 18.0 Å². The maximum atomic E-state index is 13.6. The molecule has 0 bridgehead atoms. The molecule has 4 rings (SSSR count). The van der Waals surface area contributed by atoms with E-state index in [-0.39, 0.29) is 28.8 Å². The molecule has 0 aliphatic carbocycles. The fourth-order valence-electron chi connectivity index (χ4n) is 3.99. The van der Waals surface area contributed by atoms with Crippen LogP contribution >= 0.6 is 0 Å². The molecule has 12 heteroatoms. The summed E-state index contributed by atoms with van der Waals surface area (Å²) >= 11 is 0. The second-order valence-electron chi connectivity index (χ2n) is 9.43. The predicted octanol–water partition coefficient (Wildman–Crippen LogP) is 4.38. The van der Waals surface area contributed by atoms with Crippen LogP contribution in [0.25, 0.3) is 0 Å². The lowest BCUT2D eigenvalue weighted by molar-refractivity contribution is -0.119. The van der Waals surface area contributed by atoms with Crippen LogP contribution in [-0.2, 0) is 19.6 Å². The van der Waals surface area contributed by atoms with Gasteiger partial charge in [0.25, 0.3) is 21.8 Å². The highest BCUT2D eigenvalue weighted by atomic mass is 32.2. The molecule has 0 spiro atoms. The molecule has 0 fully saturated rings. The van der Waals surface area contributed by atoms with Crippen molar-refractivity contribution < 1.29 is 32.2 Å². The van der Waals surface area contributed by atoms with E-state index >= 15 is 0 Å². The van der Waals surface area contributed by atoms with Crippen LogP contribution in [0.15, 0.2) is 107 Å². The lowest BCUT2D eigenvalue weighted by Gasteiger charge is -2.25. The fourth-order valence-corrected chi connectivity index (χ4v) is 5.44. The number of aryl methyl sites for hydroxylation is 1. The zero-order valence-electron chi connectivity index (χ0n) is 24.4.